The van der Waals surface area contributed by atoms with E-state index in [9.17, 15) is 18.0 Å². The molecule has 1 fully saturated rings. The maximum Gasteiger partial charge on any atom is 0.251 e. The largest absolute Gasteiger partial charge is 0.354 e. The number of carbonyl (C=O) groups is 2. The van der Waals surface area contributed by atoms with Crippen molar-refractivity contribution in [2.24, 2.45) is 5.92 Å². The van der Waals surface area contributed by atoms with Gasteiger partial charge in [0.25, 0.3) is 5.91 Å². The van der Waals surface area contributed by atoms with E-state index >= 15 is 0 Å². The van der Waals surface area contributed by atoms with E-state index in [2.05, 4.69) is 24.5 Å². The molecule has 166 valence electrons. The van der Waals surface area contributed by atoms with Crippen molar-refractivity contribution >= 4 is 21.8 Å². The van der Waals surface area contributed by atoms with Gasteiger partial charge in [0, 0.05) is 18.7 Å². The number of piperazine rings is 1. The van der Waals surface area contributed by atoms with Gasteiger partial charge in [-0.15, -0.1) is 0 Å². The van der Waals surface area contributed by atoms with Crippen LogP contribution >= 0.6 is 0 Å². The number of hydrogen-bond donors (Lipinski definition) is 2. The first-order valence-electron chi connectivity index (χ1n) is 10.6. The van der Waals surface area contributed by atoms with E-state index in [1.54, 1.807) is 12.1 Å². The predicted octanol–water partition coefficient (Wildman–Crippen LogP) is 2.71. The highest BCUT2D eigenvalue weighted by Crippen LogP contribution is 2.28. The van der Waals surface area contributed by atoms with Gasteiger partial charge in [-0.3, -0.25) is 9.59 Å². The minimum atomic E-state index is -3.86. The molecular weight excluding hydrogens is 414 g/mol. The zero-order chi connectivity index (χ0) is 22.4. The first kappa shape index (κ1) is 23.0. The zero-order valence-electron chi connectivity index (χ0n) is 17.9. The maximum absolute atomic E-state index is 13.1. The average molecular weight is 444 g/mol. The Morgan fingerprint density at radius 2 is 1.81 bits per heavy atom. The molecule has 2 amide bonds. The molecule has 31 heavy (non-hydrogen) atoms. The summed E-state index contributed by atoms with van der Waals surface area (Å²) in [5, 5.41) is 5.72. The van der Waals surface area contributed by atoms with Gasteiger partial charge in [-0.25, -0.2) is 8.42 Å². The van der Waals surface area contributed by atoms with Gasteiger partial charge in [0.15, 0.2) is 0 Å². The summed E-state index contributed by atoms with van der Waals surface area (Å²) in [6, 6.07) is 15.6. The predicted molar refractivity (Wildman–Crippen MR) is 119 cm³/mol. The highest BCUT2D eigenvalue weighted by Gasteiger charge is 2.30. The summed E-state index contributed by atoms with van der Waals surface area (Å²) in [6.45, 7) is 4.45. The second kappa shape index (κ2) is 10.1. The monoisotopic (exact) mass is 443 g/mol. The summed E-state index contributed by atoms with van der Waals surface area (Å²) in [6.07, 6.45) is 1.81. The fraction of sp³-hybridized carbons (Fsp3) is 0.391. The Labute approximate surface area is 183 Å². The molecule has 2 N–H and O–H groups in total. The molecule has 2 aromatic rings. The van der Waals surface area contributed by atoms with Crippen molar-refractivity contribution in [3.63, 3.8) is 0 Å². The topological polar surface area (TPSA) is 95.6 Å². The lowest BCUT2D eigenvalue weighted by atomic mass is 9.88. The third-order valence-electron chi connectivity index (χ3n) is 5.70. The molecule has 1 saturated heterocycles. The van der Waals surface area contributed by atoms with Crippen LogP contribution in [0.5, 0.6) is 0 Å². The van der Waals surface area contributed by atoms with Gasteiger partial charge < -0.3 is 10.6 Å². The van der Waals surface area contributed by atoms with Crippen LogP contribution in [0.1, 0.15) is 48.7 Å². The lowest BCUT2D eigenvalue weighted by molar-refractivity contribution is -0.122. The normalized spacial score (nSPS) is 16.0. The zero-order valence-corrected chi connectivity index (χ0v) is 18.7. The van der Waals surface area contributed by atoms with Gasteiger partial charge in [0.2, 0.25) is 15.9 Å². The number of amides is 2. The summed E-state index contributed by atoms with van der Waals surface area (Å²) >= 11 is 0. The van der Waals surface area contributed by atoms with Gasteiger partial charge in [-0.05, 0) is 29.7 Å². The van der Waals surface area contributed by atoms with Crippen LogP contribution in [0.3, 0.4) is 0 Å². The van der Waals surface area contributed by atoms with E-state index < -0.39 is 10.0 Å². The van der Waals surface area contributed by atoms with Crippen molar-refractivity contribution in [3.05, 3.63) is 65.7 Å². The molecule has 0 unspecified atom stereocenters. The quantitative estimate of drug-likeness (QED) is 0.656. The molecule has 1 aliphatic heterocycles. The first-order valence-corrected chi connectivity index (χ1v) is 12.0. The van der Waals surface area contributed by atoms with Crippen LogP contribution in [-0.2, 0) is 14.8 Å². The molecule has 3 rings (SSSR count). The summed E-state index contributed by atoms with van der Waals surface area (Å²) in [5.41, 5.74) is 1.29. The number of nitrogens with zero attached hydrogens (tertiary/aromatic N) is 1. The Hall–Kier alpha value is -2.71. The lowest BCUT2D eigenvalue weighted by Crippen LogP contribution is -2.49. The van der Waals surface area contributed by atoms with Crippen molar-refractivity contribution in [2.75, 3.05) is 19.6 Å². The fourth-order valence-electron chi connectivity index (χ4n) is 3.89. The van der Waals surface area contributed by atoms with Crippen molar-refractivity contribution in [2.45, 2.75) is 37.6 Å². The molecule has 0 bridgehead atoms. The highest BCUT2D eigenvalue weighted by atomic mass is 32.2. The van der Waals surface area contributed by atoms with Crippen LogP contribution in [0.25, 0.3) is 0 Å². The Morgan fingerprint density at radius 3 is 2.45 bits per heavy atom. The highest BCUT2D eigenvalue weighted by molar-refractivity contribution is 7.89. The maximum atomic E-state index is 13.1. The van der Waals surface area contributed by atoms with E-state index in [-0.39, 0.29) is 53.9 Å². The van der Waals surface area contributed by atoms with Gasteiger partial charge in [-0.1, -0.05) is 63.1 Å². The molecule has 7 nitrogen and oxygen atoms in total. The van der Waals surface area contributed by atoms with Crippen molar-refractivity contribution < 1.29 is 18.0 Å². The molecular formula is C23H29N3O4S. The van der Waals surface area contributed by atoms with Gasteiger partial charge in [0.1, 0.15) is 0 Å². The van der Waals surface area contributed by atoms with Gasteiger partial charge >= 0.3 is 0 Å². The molecule has 0 spiro atoms. The van der Waals surface area contributed by atoms with E-state index in [1.807, 2.05) is 30.3 Å². The Bertz CT molecular complexity index is 1020. The van der Waals surface area contributed by atoms with E-state index in [4.69, 9.17) is 0 Å². The van der Waals surface area contributed by atoms with Crippen LogP contribution in [0.4, 0.5) is 0 Å². The summed E-state index contributed by atoms with van der Waals surface area (Å²) < 4.78 is 27.1. The van der Waals surface area contributed by atoms with Crippen molar-refractivity contribution in [1.29, 1.82) is 0 Å². The molecule has 0 saturated carbocycles. The van der Waals surface area contributed by atoms with Gasteiger partial charge in [-0.2, -0.15) is 4.31 Å². The number of carbonyl (C=O) groups excluding carboxylic acids is 2. The average Bonchev–Trinajstić information content (AvgIpc) is 2.79. The number of hydrogen-bond acceptors (Lipinski definition) is 4. The van der Waals surface area contributed by atoms with Gasteiger partial charge in [0.05, 0.1) is 17.5 Å². The number of rotatable bonds is 8. The number of sulfonamides is 1. The van der Waals surface area contributed by atoms with E-state index in [0.29, 0.717) is 0 Å². The summed E-state index contributed by atoms with van der Waals surface area (Å²) in [7, 11) is -3.86. The summed E-state index contributed by atoms with van der Waals surface area (Å²) in [4.78, 5) is 24.7. The van der Waals surface area contributed by atoms with Crippen molar-refractivity contribution in [1.82, 2.24) is 14.9 Å². The smallest absolute Gasteiger partial charge is 0.251 e. The molecule has 1 heterocycles. The van der Waals surface area contributed by atoms with Crippen LogP contribution in [0.2, 0.25) is 0 Å². The minimum Gasteiger partial charge on any atom is -0.354 e. The second-order valence-electron chi connectivity index (χ2n) is 7.65. The van der Waals surface area contributed by atoms with E-state index in [0.717, 1.165) is 22.7 Å². The second-order valence-corrected chi connectivity index (χ2v) is 9.59. The van der Waals surface area contributed by atoms with Crippen molar-refractivity contribution in [3.8, 4) is 0 Å². The molecule has 1 aliphatic rings. The summed E-state index contributed by atoms with van der Waals surface area (Å²) in [5.74, 6) is -0.404. The lowest BCUT2D eigenvalue weighted by Gasteiger charge is -2.27. The van der Waals surface area contributed by atoms with Crippen LogP contribution in [-0.4, -0.2) is 44.2 Å². The fourth-order valence-corrected chi connectivity index (χ4v) is 5.33. The Kier molecular flexibility index (Phi) is 7.46. The van der Waals surface area contributed by atoms with E-state index in [1.165, 1.54) is 12.1 Å². The molecule has 0 radical (unpaired) electrons. The first-order chi connectivity index (χ1) is 14.9. The van der Waals surface area contributed by atoms with Crippen LogP contribution in [0, 0.1) is 5.92 Å². The number of nitrogens with one attached hydrogen (secondary N) is 2. The third-order valence-corrected chi connectivity index (χ3v) is 7.54. The standard InChI is InChI=1S/C23H29N3O4S/c1-3-17(4-2)22(18-9-6-5-7-10-18)25-23(28)19-11-8-12-20(15-19)31(29,30)26-14-13-24-21(27)16-26/h5-12,15,17,22H,3-4,13-14,16H2,1-2H3,(H,24,27)(H,25,28)/t22-/m0/s1. The molecule has 1 atom stereocenters. The number of benzene rings is 2. The molecule has 8 heteroatoms. The Balaban J connectivity index is 1.85. The molecule has 0 aromatic heterocycles. The SMILES string of the molecule is CCC(CC)[C@H](NC(=O)c1cccc(S(=O)(=O)N2CCNC(=O)C2)c1)c1ccccc1. The molecule has 0 aliphatic carbocycles. The molecule has 2 aromatic carbocycles. The minimum absolute atomic E-state index is 0.00800. The van der Waals surface area contributed by atoms with Crippen LogP contribution < -0.4 is 10.6 Å². The van der Waals surface area contributed by atoms with Crippen LogP contribution in [0.15, 0.2) is 59.5 Å². The Morgan fingerprint density at radius 1 is 1.10 bits per heavy atom. The third kappa shape index (κ3) is 5.32.